The molecule has 2 saturated heterocycles. The molecule has 6 fully saturated rings. The van der Waals surface area contributed by atoms with Crippen molar-refractivity contribution in [2.45, 2.75) is 166 Å². The van der Waals surface area contributed by atoms with E-state index in [-0.39, 0.29) is 30.3 Å². The predicted molar refractivity (Wildman–Crippen MR) is 203 cm³/mol. The van der Waals surface area contributed by atoms with Gasteiger partial charge in [-0.3, -0.25) is 9.59 Å². The second-order valence-corrected chi connectivity index (χ2v) is 20.5. The largest absolute Gasteiger partial charge is 0.481 e. The monoisotopic (exact) mass is 842 g/mol. The summed E-state index contributed by atoms with van der Waals surface area (Å²) in [4.78, 5) is 26.9. The van der Waals surface area contributed by atoms with Gasteiger partial charge < -0.3 is 75.1 Å². The Kier molecular flexibility index (Phi) is 11.8. The zero-order chi connectivity index (χ0) is 43.4. The van der Waals surface area contributed by atoms with Gasteiger partial charge in [0.1, 0.15) is 54.9 Å². The third-order valence-corrected chi connectivity index (χ3v) is 17.3. The number of carbonyl (C=O) groups is 2. The van der Waals surface area contributed by atoms with Crippen LogP contribution in [0.2, 0.25) is 0 Å². The van der Waals surface area contributed by atoms with Gasteiger partial charge in [0.25, 0.3) is 0 Å². The first kappa shape index (κ1) is 45.2. The number of hydrogen-bond donors (Lipinski definition) is 11. The Morgan fingerprint density at radius 3 is 1.92 bits per heavy atom. The summed E-state index contributed by atoms with van der Waals surface area (Å²) in [7, 11) is 0. The fraction of sp³-hybridized carbons (Fsp3) is 0.905. The molecule has 0 spiro atoms. The second kappa shape index (κ2) is 15.5. The second-order valence-electron chi connectivity index (χ2n) is 20.5. The average Bonchev–Trinajstić information content (AvgIpc) is 3.18. The van der Waals surface area contributed by atoms with Crippen LogP contribution in [0.5, 0.6) is 0 Å². The molecule has 5 aliphatic carbocycles. The van der Waals surface area contributed by atoms with Gasteiger partial charge in [-0.05, 0) is 98.7 Å². The van der Waals surface area contributed by atoms with Crippen molar-refractivity contribution < 1.29 is 84.7 Å². The van der Waals surface area contributed by atoms with E-state index in [0.29, 0.717) is 44.9 Å². The van der Waals surface area contributed by atoms with E-state index in [1.54, 1.807) is 0 Å². The maximum atomic E-state index is 13.8. The fourth-order valence-corrected chi connectivity index (χ4v) is 13.9. The van der Waals surface area contributed by atoms with Gasteiger partial charge in [0.2, 0.25) is 0 Å². The minimum Gasteiger partial charge on any atom is -0.481 e. The van der Waals surface area contributed by atoms with Crippen molar-refractivity contribution in [1.82, 2.24) is 0 Å². The predicted octanol–water partition coefficient (Wildman–Crippen LogP) is -0.110. The maximum absolute atomic E-state index is 13.8. The topological polar surface area (TPSA) is 294 Å². The first-order chi connectivity index (χ1) is 27.5. The molecule has 17 nitrogen and oxygen atoms in total. The van der Waals surface area contributed by atoms with E-state index in [0.717, 1.165) is 12.0 Å². The molecule has 11 N–H and O–H groups in total. The lowest BCUT2D eigenvalue weighted by Crippen LogP contribution is -2.71. The van der Waals surface area contributed by atoms with Crippen LogP contribution in [0.1, 0.15) is 92.4 Å². The number of aliphatic hydroxyl groups is 9. The minimum absolute atomic E-state index is 0.0607. The molecule has 0 aromatic carbocycles. The van der Waals surface area contributed by atoms with Crippen LogP contribution in [0.3, 0.4) is 0 Å². The summed E-state index contributed by atoms with van der Waals surface area (Å²) < 4.78 is 23.6. The average molecular weight is 843 g/mol. The number of rotatable bonds is 9. The third kappa shape index (κ3) is 6.50. The molecule has 4 saturated carbocycles. The molecule has 7 aliphatic rings. The van der Waals surface area contributed by atoms with Crippen LogP contribution in [-0.4, -0.2) is 162 Å². The molecule has 7 rings (SSSR count). The van der Waals surface area contributed by atoms with E-state index in [1.807, 2.05) is 6.92 Å². The Morgan fingerprint density at radius 2 is 1.32 bits per heavy atom. The van der Waals surface area contributed by atoms with Crippen molar-refractivity contribution in [3.63, 3.8) is 0 Å². The summed E-state index contributed by atoms with van der Waals surface area (Å²) in [6, 6.07) is 0. The number of fused-ring (bicyclic) bond motifs is 7. The van der Waals surface area contributed by atoms with E-state index >= 15 is 0 Å². The van der Waals surface area contributed by atoms with Gasteiger partial charge in [0, 0.05) is 5.41 Å². The van der Waals surface area contributed by atoms with Gasteiger partial charge >= 0.3 is 11.9 Å². The van der Waals surface area contributed by atoms with E-state index in [1.165, 1.54) is 6.92 Å². The Labute approximate surface area is 343 Å². The van der Waals surface area contributed by atoms with Crippen molar-refractivity contribution in [2.24, 2.45) is 50.2 Å². The van der Waals surface area contributed by atoms with Crippen LogP contribution in [0.25, 0.3) is 0 Å². The van der Waals surface area contributed by atoms with Crippen molar-refractivity contribution in [2.75, 3.05) is 19.8 Å². The summed E-state index contributed by atoms with van der Waals surface area (Å²) in [6.45, 7) is 8.18. The number of allylic oxidation sites excluding steroid dienone is 1. The van der Waals surface area contributed by atoms with E-state index in [4.69, 9.17) is 18.9 Å². The van der Waals surface area contributed by atoms with Gasteiger partial charge in [0.15, 0.2) is 12.6 Å². The van der Waals surface area contributed by atoms with Gasteiger partial charge in [-0.15, -0.1) is 0 Å². The molecule has 2 aliphatic heterocycles. The van der Waals surface area contributed by atoms with Crippen molar-refractivity contribution in [1.29, 1.82) is 0 Å². The zero-order valence-electron chi connectivity index (χ0n) is 34.6. The van der Waals surface area contributed by atoms with Crippen molar-refractivity contribution in [3.8, 4) is 0 Å². The molecule has 2 heterocycles. The highest BCUT2D eigenvalue weighted by Crippen LogP contribution is 2.76. The van der Waals surface area contributed by atoms with Crippen molar-refractivity contribution in [3.05, 3.63) is 11.6 Å². The normalized spacial score (nSPS) is 53.2. The molecule has 0 aromatic heterocycles. The molecule has 0 aromatic rings. The SMILES string of the molecule is CC1(C)CC[C@]2(C(=O)O)CC[C@]3(CO)C(=CC[C@@H]4[C@@]5(C)C[C@H](O)[C@H](O[C@@H]6O[C@H](CO)[C@@H](O)[C@H](O)[C@H]6O[C@@H]6O[C@H](CO)[C@@H](O)[C@H](O)[C@H]6O)[C@@](C)(C(=O)O)[C@@H]5CC[C@]43C)[C@@H]2C1. The molecule has 0 amide bonds. The fourth-order valence-electron chi connectivity index (χ4n) is 13.9. The maximum Gasteiger partial charge on any atom is 0.312 e. The number of hydrogen-bond acceptors (Lipinski definition) is 15. The number of aliphatic carboxylic acids is 2. The van der Waals surface area contributed by atoms with Crippen LogP contribution in [0.15, 0.2) is 11.6 Å². The Hall–Kier alpha value is -1.84. The summed E-state index contributed by atoms with van der Waals surface area (Å²) in [6.07, 6.45) is -14.0. The Balaban J connectivity index is 1.23. The number of carboxylic acids is 2. The van der Waals surface area contributed by atoms with Crippen LogP contribution in [0.4, 0.5) is 0 Å². The molecule has 336 valence electrons. The summed E-state index contributed by atoms with van der Waals surface area (Å²) in [5.74, 6) is -3.21. The van der Waals surface area contributed by atoms with Crippen molar-refractivity contribution >= 4 is 11.9 Å². The lowest BCUT2D eigenvalue weighted by atomic mass is 9.33. The zero-order valence-corrected chi connectivity index (χ0v) is 34.6. The van der Waals surface area contributed by atoms with E-state index in [2.05, 4.69) is 26.8 Å². The third-order valence-electron chi connectivity index (χ3n) is 17.3. The quantitative estimate of drug-likeness (QED) is 0.107. The Morgan fingerprint density at radius 1 is 0.712 bits per heavy atom. The summed E-state index contributed by atoms with van der Waals surface area (Å²) in [5, 5.41) is 119. The number of aliphatic hydroxyl groups excluding tert-OH is 9. The van der Waals surface area contributed by atoms with Crippen LogP contribution < -0.4 is 0 Å². The Bertz CT molecular complexity index is 1640. The van der Waals surface area contributed by atoms with Gasteiger partial charge in [0.05, 0.1) is 36.8 Å². The minimum atomic E-state index is -1.92. The summed E-state index contributed by atoms with van der Waals surface area (Å²) >= 11 is 0. The van der Waals surface area contributed by atoms with Crippen LogP contribution in [-0.2, 0) is 28.5 Å². The van der Waals surface area contributed by atoms with E-state index < -0.39 is 132 Å². The van der Waals surface area contributed by atoms with Gasteiger partial charge in [-0.2, -0.15) is 0 Å². The molecule has 59 heavy (non-hydrogen) atoms. The molecule has 0 bridgehead atoms. The number of ether oxygens (including phenoxy) is 4. The summed E-state index contributed by atoms with van der Waals surface area (Å²) in [5.41, 5.74) is -4.05. The highest BCUT2D eigenvalue weighted by molar-refractivity contribution is 5.77. The lowest BCUT2D eigenvalue weighted by Gasteiger charge is -2.71. The molecule has 20 atom stereocenters. The standard InChI is InChI=1S/C42H66O17/c1-37(2)10-11-41(36(54)55)12-13-42(18-45)19(20(41)14-37)6-7-24-38(3)15-21(46)32(40(5,35(52)53)25(38)8-9-39(24,42)4)59-34-31(29(50)27(48)23(17-44)57-34)58-33-30(51)28(49)26(47)22(16-43)56-33/h6,20-34,43-51H,7-18H2,1-5H3,(H,52,53)(H,54,55)/t20-,21-,22+,23+,24+,25+,26+,27+,28-,29-,30+,31+,32-,33-,34-,38+,39+,40-,41-,42-/m0/s1. The van der Waals surface area contributed by atoms with Crippen LogP contribution in [0, 0.1) is 50.2 Å². The number of carboxylic acid groups (broad SMARTS) is 2. The first-order valence-electron chi connectivity index (χ1n) is 21.2. The molecule has 0 unspecified atom stereocenters. The van der Waals surface area contributed by atoms with Gasteiger partial charge in [-0.25, -0.2) is 0 Å². The molecule has 0 radical (unpaired) electrons. The molecular weight excluding hydrogens is 776 g/mol. The highest BCUT2D eigenvalue weighted by atomic mass is 16.8. The van der Waals surface area contributed by atoms with Gasteiger partial charge in [-0.1, -0.05) is 39.3 Å². The first-order valence-corrected chi connectivity index (χ1v) is 21.2. The molecule has 17 heteroatoms. The highest BCUT2D eigenvalue weighted by Gasteiger charge is 2.73. The van der Waals surface area contributed by atoms with E-state index in [9.17, 15) is 65.8 Å². The lowest BCUT2D eigenvalue weighted by molar-refractivity contribution is -0.382. The molecular formula is C42H66O17. The van der Waals surface area contributed by atoms with Crippen LogP contribution >= 0.6 is 0 Å². The smallest absolute Gasteiger partial charge is 0.312 e.